The molecule has 0 aliphatic rings. The van der Waals surface area contributed by atoms with Gasteiger partial charge >= 0.3 is 6.03 Å². The molecule has 0 aromatic carbocycles. The molecule has 6 heteroatoms. The molecule has 0 aliphatic carbocycles. The number of aromatic nitrogens is 1. The van der Waals surface area contributed by atoms with Crippen molar-refractivity contribution >= 4 is 17.4 Å². The summed E-state index contributed by atoms with van der Waals surface area (Å²) in [6, 6.07) is -0.165. The number of aliphatic hydroxyl groups excluding tert-OH is 1. The zero-order valence-corrected chi connectivity index (χ0v) is 13.3. The van der Waals surface area contributed by atoms with Crippen LogP contribution in [0.3, 0.4) is 0 Å². The quantitative estimate of drug-likeness (QED) is 0.687. The topological polar surface area (TPSA) is 74.2 Å². The average molecular weight is 299 g/mol. The first-order chi connectivity index (χ1) is 9.46. The third-order valence-corrected chi connectivity index (χ3v) is 4.13. The molecule has 2 amide bonds. The number of nitrogens with zero attached hydrogens (tertiary/aromatic N) is 1. The van der Waals surface area contributed by atoms with Crippen molar-refractivity contribution in [3.8, 4) is 0 Å². The molecule has 1 rings (SSSR count). The molecule has 0 radical (unpaired) electrons. The molecule has 0 saturated heterocycles. The molecule has 0 bridgehead atoms. The maximum absolute atomic E-state index is 11.6. The van der Waals surface area contributed by atoms with Crippen LogP contribution >= 0.6 is 11.3 Å². The molecule has 0 unspecified atom stereocenters. The molecule has 20 heavy (non-hydrogen) atoms. The summed E-state index contributed by atoms with van der Waals surface area (Å²) < 4.78 is 0. The summed E-state index contributed by atoms with van der Waals surface area (Å²) in [5, 5.41) is 17.8. The van der Waals surface area contributed by atoms with Crippen molar-refractivity contribution in [3.05, 3.63) is 16.1 Å². The van der Waals surface area contributed by atoms with E-state index in [2.05, 4.69) is 22.5 Å². The molecule has 1 aromatic rings. The summed E-state index contributed by atoms with van der Waals surface area (Å²) >= 11 is 1.66. The van der Waals surface area contributed by atoms with Gasteiger partial charge in [-0.15, -0.1) is 11.3 Å². The summed E-state index contributed by atoms with van der Waals surface area (Å²) in [5.74, 6) is 0. The maximum atomic E-state index is 11.6. The normalized spacial score (nSPS) is 11.4. The van der Waals surface area contributed by atoms with Crippen LogP contribution in [0.5, 0.6) is 0 Å². The van der Waals surface area contributed by atoms with Gasteiger partial charge in [0.15, 0.2) is 0 Å². The standard InChI is InChI=1S/C14H25N3O2S/c1-4-12-17-11(9-20-12)5-7-15-13(19)16-10-14(2,3)6-8-18/h9,18H,4-8,10H2,1-3H3,(H2,15,16,19). The largest absolute Gasteiger partial charge is 0.396 e. The number of nitrogens with one attached hydrogen (secondary N) is 2. The fourth-order valence-electron chi connectivity index (χ4n) is 1.70. The Labute approximate surface area is 124 Å². The van der Waals surface area contributed by atoms with Crippen LogP contribution in [-0.2, 0) is 12.8 Å². The predicted octanol–water partition coefficient (Wildman–Crippen LogP) is 1.96. The zero-order chi connectivity index (χ0) is 15.0. The predicted molar refractivity (Wildman–Crippen MR) is 82.1 cm³/mol. The molecule has 3 N–H and O–H groups in total. The smallest absolute Gasteiger partial charge is 0.314 e. The second-order valence-electron chi connectivity index (χ2n) is 5.58. The summed E-state index contributed by atoms with van der Waals surface area (Å²) in [5.41, 5.74) is 0.949. The monoisotopic (exact) mass is 299 g/mol. The number of carbonyl (C=O) groups excluding carboxylic acids is 1. The number of carbonyl (C=O) groups is 1. The van der Waals surface area contributed by atoms with Crippen LogP contribution in [0.2, 0.25) is 0 Å². The summed E-state index contributed by atoms with van der Waals surface area (Å²) in [6.45, 7) is 7.40. The van der Waals surface area contributed by atoms with Gasteiger partial charge in [0.2, 0.25) is 0 Å². The molecule has 0 spiro atoms. The van der Waals surface area contributed by atoms with E-state index in [1.807, 2.05) is 19.2 Å². The van der Waals surface area contributed by atoms with Crippen molar-refractivity contribution in [2.24, 2.45) is 5.41 Å². The third kappa shape index (κ3) is 6.34. The molecule has 1 aromatic heterocycles. The van der Waals surface area contributed by atoms with E-state index >= 15 is 0 Å². The number of aliphatic hydroxyl groups is 1. The van der Waals surface area contributed by atoms with E-state index in [0.29, 0.717) is 19.5 Å². The Morgan fingerprint density at radius 2 is 2.20 bits per heavy atom. The molecule has 0 saturated carbocycles. The van der Waals surface area contributed by atoms with Crippen molar-refractivity contribution in [2.75, 3.05) is 19.7 Å². The highest BCUT2D eigenvalue weighted by Crippen LogP contribution is 2.17. The number of thiazole rings is 1. The van der Waals surface area contributed by atoms with E-state index in [4.69, 9.17) is 5.11 Å². The molecular formula is C14H25N3O2S. The van der Waals surface area contributed by atoms with Gasteiger partial charge in [-0.2, -0.15) is 0 Å². The highest BCUT2D eigenvalue weighted by molar-refractivity contribution is 7.09. The van der Waals surface area contributed by atoms with Crippen molar-refractivity contribution in [2.45, 2.75) is 40.0 Å². The highest BCUT2D eigenvalue weighted by Gasteiger charge is 2.17. The van der Waals surface area contributed by atoms with Crippen LogP contribution in [0.1, 0.15) is 37.9 Å². The second kappa shape index (κ2) is 8.21. The number of aryl methyl sites for hydroxylation is 1. The minimum atomic E-state index is -0.165. The first kappa shape index (κ1) is 16.9. The van der Waals surface area contributed by atoms with Crippen LogP contribution in [-0.4, -0.2) is 35.8 Å². The number of hydrogen-bond donors (Lipinski definition) is 3. The lowest BCUT2D eigenvalue weighted by Gasteiger charge is -2.23. The lowest BCUT2D eigenvalue weighted by molar-refractivity contribution is 0.201. The van der Waals surface area contributed by atoms with Crippen LogP contribution < -0.4 is 10.6 Å². The number of amides is 2. The summed E-state index contributed by atoms with van der Waals surface area (Å²) in [4.78, 5) is 16.1. The van der Waals surface area contributed by atoms with Crippen LogP contribution in [0.15, 0.2) is 5.38 Å². The molecule has 5 nitrogen and oxygen atoms in total. The Balaban J connectivity index is 2.20. The van der Waals surface area contributed by atoms with Gasteiger partial charge < -0.3 is 15.7 Å². The van der Waals surface area contributed by atoms with Gasteiger partial charge in [-0.1, -0.05) is 20.8 Å². The van der Waals surface area contributed by atoms with Gasteiger partial charge in [0.25, 0.3) is 0 Å². The Morgan fingerprint density at radius 3 is 2.80 bits per heavy atom. The number of hydrogen-bond acceptors (Lipinski definition) is 4. The first-order valence-electron chi connectivity index (χ1n) is 7.02. The average Bonchev–Trinajstić information content (AvgIpc) is 2.84. The van der Waals surface area contributed by atoms with E-state index in [1.165, 1.54) is 0 Å². The van der Waals surface area contributed by atoms with Crippen LogP contribution in [0.25, 0.3) is 0 Å². The maximum Gasteiger partial charge on any atom is 0.314 e. The first-order valence-corrected chi connectivity index (χ1v) is 7.90. The van der Waals surface area contributed by atoms with E-state index in [-0.39, 0.29) is 18.1 Å². The highest BCUT2D eigenvalue weighted by atomic mass is 32.1. The summed E-state index contributed by atoms with van der Waals surface area (Å²) in [7, 11) is 0. The van der Waals surface area contributed by atoms with Crippen molar-refractivity contribution in [1.82, 2.24) is 15.6 Å². The van der Waals surface area contributed by atoms with Crippen molar-refractivity contribution in [3.63, 3.8) is 0 Å². The van der Waals surface area contributed by atoms with E-state index in [9.17, 15) is 4.79 Å². The minimum Gasteiger partial charge on any atom is -0.396 e. The molecule has 0 fully saturated rings. The lowest BCUT2D eigenvalue weighted by Crippen LogP contribution is -2.41. The fourth-order valence-corrected chi connectivity index (χ4v) is 2.48. The minimum absolute atomic E-state index is 0.0863. The third-order valence-electron chi connectivity index (χ3n) is 3.08. The lowest BCUT2D eigenvalue weighted by atomic mass is 9.90. The Bertz CT molecular complexity index is 418. The fraction of sp³-hybridized carbons (Fsp3) is 0.714. The van der Waals surface area contributed by atoms with Gasteiger partial charge in [0, 0.05) is 31.5 Å². The Kier molecular flexibility index (Phi) is 6.95. The molecular weight excluding hydrogens is 274 g/mol. The zero-order valence-electron chi connectivity index (χ0n) is 12.5. The van der Waals surface area contributed by atoms with Gasteiger partial charge in [-0.25, -0.2) is 9.78 Å². The molecule has 0 aliphatic heterocycles. The van der Waals surface area contributed by atoms with Gasteiger partial charge in [-0.3, -0.25) is 0 Å². The second-order valence-corrected chi connectivity index (χ2v) is 6.53. The van der Waals surface area contributed by atoms with E-state index in [1.54, 1.807) is 11.3 Å². The SMILES string of the molecule is CCc1nc(CCNC(=O)NCC(C)(C)CCO)cs1. The van der Waals surface area contributed by atoms with Crippen molar-refractivity contribution in [1.29, 1.82) is 0 Å². The molecule has 1 heterocycles. The number of rotatable bonds is 8. The van der Waals surface area contributed by atoms with Gasteiger partial charge in [0.05, 0.1) is 10.7 Å². The van der Waals surface area contributed by atoms with E-state index < -0.39 is 0 Å². The molecule has 114 valence electrons. The van der Waals surface area contributed by atoms with Crippen LogP contribution in [0, 0.1) is 5.41 Å². The summed E-state index contributed by atoms with van der Waals surface area (Å²) in [6.07, 6.45) is 2.38. The Hall–Kier alpha value is -1.14. The number of urea groups is 1. The Morgan fingerprint density at radius 1 is 1.45 bits per heavy atom. The van der Waals surface area contributed by atoms with Gasteiger partial charge in [0.1, 0.15) is 0 Å². The van der Waals surface area contributed by atoms with Gasteiger partial charge in [-0.05, 0) is 18.3 Å². The van der Waals surface area contributed by atoms with E-state index in [0.717, 1.165) is 23.5 Å². The molecule has 0 atom stereocenters. The van der Waals surface area contributed by atoms with Crippen LogP contribution in [0.4, 0.5) is 4.79 Å². The van der Waals surface area contributed by atoms with Crippen molar-refractivity contribution < 1.29 is 9.90 Å².